The van der Waals surface area contributed by atoms with Gasteiger partial charge in [0.2, 0.25) is 0 Å². The van der Waals surface area contributed by atoms with Gasteiger partial charge in [-0.25, -0.2) is 0 Å². The van der Waals surface area contributed by atoms with Crippen LogP contribution in [0.3, 0.4) is 0 Å². The van der Waals surface area contributed by atoms with E-state index in [0.29, 0.717) is 36.2 Å². The number of carbonyl (C=O) groups is 1. The lowest BCUT2D eigenvalue weighted by atomic mass is 9.80. The van der Waals surface area contributed by atoms with Gasteiger partial charge < -0.3 is 10.5 Å². The average molecular weight is 427 g/mol. The van der Waals surface area contributed by atoms with E-state index in [0.717, 1.165) is 16.6 Å². The second-order valence-electron chi connectivity index (χ2n) is 9.10. The van der Waals surface area contributed by atoms with E-state index in [2.05, 4.69) is 4.98 Å². The van der Waals surface area contributed by atoms with Gasteiger partial charge in [-0.1, -0.05) is 51.0 Å². The summed E-state index contributed by atoms with van der Waals surface area (Å²) in [6.45, 7) is 6.27. The van der Waals surface area contributed by atoms with E-state index in [1.54, 1.807) is 0 Å². The molecular formula is C25H34N2O4. The normalized spacial score (nSPS) is 15.2. The molecule has 31 heavy (non-hydrogen) atoms. The second-order valence-corrected chi connectivity index (χ2v) is 9.10. The number of aryl methyl sites for hydroxylation is 1. The largest absolute Gasteiger partial charge is 0.492 e. The first-order valence-electron chi connectivity index (χ1n) is 11.1. The summed E-state index contributed by atoms with van der Waals surface area (Å²) < 4.78 is 6.12. The molecule has 0 unspecified atom stereocenters. The number of fused-ring (bicyclic) bond motifs is 1. The van der Waals surface area contributed by atoms with Crippen LogP contribution in [0.2, 0.25) is 0 Å². The van der Waals surface area contributed by atoms with Crippen LogP contribution in [0.25, 0.3) is 10.9 Å². The third kappa shape index (κ3) is 7.18. The van der Waals surface area contributed by atoms with Crippen molar-refractivity contribution in [2.24, 2.45) is 11.3 Å². The van der Waals surface area contributed by atoms with Crippen molar-refractivity contribution in [2.45, 2.75) is 72.1 Å². The van der Waals surface area contributed by atoms with Gasteiger partial charge in [0.15, 0.2) is 0 Å². The maximum atomic E-state index is 13.0. The predicted molar refractivity (Wildman–Crippen MR) is 121 cm³/mol. The first-order chi connectivity index (χ1) is 14.8. The molecule has 0 atom stereocenters. The summed E-state index contributed by atoms with van der Waals surface area (Å²) in [6.07, 6.45) is 9.80. The fraction of sp³-hybridized carbons (Fsp3) is 0.560. The third-order valence-corrected chi connectivity index (χ3v) is 6.00. The lowest BCUT2D eigenvalue weighted by Crippen LogP contribution is -2.32. The van der Waals surface area contributed by atoms with E-state index in [-0.39, 0.29) is 6.15 Å². The highest BCUT2D eigenvalue weighted by Gasteiger charge is 2.30. The molecule has 1 aliphatic rings. The molecule has 0 radical (unpaired) electrons. The molecule has 1 aromatic carbocycles. The highest BCUT2D eigenvalue weighted by molar-refractivity contribution is 5.95. The second kappa shape index (κ2) is 11.6. The summed E-state index contributed by atoms with van der Waals surface area (Å²) >= 11 is 0. The number of rotatable bonds is 6. The van der Waals surface area contributed by atoms with Crippen LogP contribution in [0.5, 0.6) is 5.75 Å². The number of nitrogens with zero attached hydrogens (tertiary/aromatic N) is 1. The first kappa shape index (κ1) is 24.5. The number of ether oxygens (including phenoxy) is 1. The smallest absolute Gasteiger partial charge is 0.373 e. The number of hydrogen-bond acceptors (Lipinski definition) is 6. The molecule has 2 N–H and O–H groups in total. The summed E-state index contributed by atoms with van der Waals surface area (Å²) in [5.41, 5.74) is 8.08. The number of benzene rings is 1. The Kier molecular flexibility index (Phi) is 9.20. The highest BCUT2D eigenvalue weighted by Crippen LogP contribution is 2.33. The number of hydrogen-bond donors (Lipinski definition) is 1. The number of nitrogen functional groups attached to an aromatic ring is 1. The zero-order valence-electron chi connectivity index (χ0n) is 18.9. The number of pyridine rings is 1. The van der Waals surface area contributed by atoms with E-state index in [1.165, 1.54) is 44.9 Å². The molecule has 6 heteroatoms. The number of nitrogens with two attached hydrogens (primary N) is 1. The molecule has 0 saturated heterocycles. The summed E-state index contributed by atoms with van der Waals surface area (Å²) in [7, 11) is 0. The fourth-order valence-corrected chi connectivity index (χ4v) is 4.16. The zero-order valence-corrected chi connectivity index (χ0v) is 18.9. The molecule has 2 aromatic rings. The van der Waals surface area contributed by atoms with Crippen LogP contribution >= 0.6 is 0 Å². The van der Waals surface area contributed by atoms with Gasteiger partial charge in [-0.15, -0.1) is 0 Å². The van der Waals surface area contributed by atoms with Gasteiger partial charge >= 0.3 is 6.15 Å². The maximum Gasteiger partial charge on any atom is 0.373 e. The zero-order chi connectivity index (χ0) is 22.9. The quantitative estimate of drug-likeness (QED) is 0.676. The Balaban J connectivity index is 0.00000107. The minimum atomic E-state index is -0.516. The lowest BCUT2D eigenvalue weighted by Gasteiger charge is -2.27. The van der Waals surface area contributed by atoms with E-state index < -0.39 is 5.41 Å². The SMILES string of the molecule is Cc1cc(N)c2c(OCC(C)(C)C(=O)CC3CCCCCCC3)cccc2n1.O=C=O. The molecule has 0 amide bonds. The minimum absolute atomic E-state index is 0.250. The van der Waals surface area contributed by atoms with Gasteiger partial charge in [-0.2, -0.15) is 9.59 Å². The van der Waals surface area contributed by atoms with Crippen molar-refractivity contribution >= 4 is 28.5 Å². The summed E-state index contributed by atoms with van der Waals surface area (Å²) in [5.74, 6) is 1.54. The number of aromatic nitrogens is 1. The first-order valence-corrected chi connectivity index (χ1v) is 11.1. The van der Waals surface area contributed by atoms with Crippen molar-refractivity contribution in [2.75, 3.05) is 12.3 Å². The molecule has 168 valence electrons. The molecule has 1 heterocycles. The monoisotopic (exact) mass is 426 g/mol. The van der Waals surface area contributed by atoms with Gasteiger partial charge in [0.25, 0.3) is 0 Å². The number of anilines is 1. The van der Waals surface area contributed by atoms with Crippen molar-refractivity contribution in [1.82, 2.24) is 4.98 Å². The number of Topliss-reactive ketones (excluding diaryl/α,β-unsaturated/α-hetero) is 1. The topological polar surface area (TPSA) is 99.3 Å². The highest BCUT2D eigenvalue weighted by atomic mass is 16.5. The van der Waals surface area contributed by atoms with E-state index >= 15 is 0 Å². The molecule has 3 rings (SSSR count). The van der Waals surface area contributed by atoms with E-state index in [9.17, 15) is 4.79 Å². The Bertz CT molecular complexity index is 909. The van der Waals surface area contributed by atoms with Crippen molar-refractivity contribution in [3.05, 3.63) is 30.0 Å². The number of carbonyl (C=O) groups excluding carboxylic acids is 3. The Morgan fingerprint density at radius 3 is 2.42 bits per heavy atom. The van der Waals surface area contributed by atoms with Crippen molar-refractivity contribution < 1.29 is 19.1 Å². The molecule has 0 bridgehead atoms. The Labute approximate surface area is 184 Å². The van der Waals surface area contributed by atoms with Crippen LogP contribution in [0.15, 0.2) is 24.3 Å². The Morgan fingerprint density at radius 1 is 1.16 bits per heavy atom. The van der Waals surface area contributed by atoms with Crippen molar-refractivity contribution in [3.63, 3.8) is 0 Å². The van der Waals surface area contributed by atoms with Crippen LogP contribution < -0.4 is 10.5 Å². The average Bonchev–Trinajstić information content (AvgIpc) is 2.68. The molecule has 1 saturated carbocycles. The van der Waals surface area contributed by atoms with Crippen molar-refractivity contribution in [3.8, 4) is 5.75 Å². The molecule has 0 spiro atoms. The Morgan fingerprint density at radius 2 is 1.77 bits per heavy atom. The standard InChI is InChI=1S/C24H34N2O2.CO2/c1-17-14-19(25)23-20(26-17)12-9-13-21(23)28-16-24(2,3)22(27)15-18-10-7-5-4-6-8-11-18;2-1-3/h9,12-14,18H,4-8,10-11,15-16H2,1-3H3,(H2,25,26);. The van der Waals surface area contributed by atoms with E-state index in [4.69, 9.17) is 20.1 Å². The summed E-state index contributed by atoms with van der Waals surface area (Å²) in [6, 6.07) is 7.63. The lowest BCUT2D eigenvalue weighted by molar-refractivity contribution is -0.191. The molecule has 1 aromatic heterocycles. The van der Waals surface area contributed by atoms with Gasteiger partial charge in [-0.05, 0) is 44.9 Å². The summed E-state index contributed by atoms with van der Waals surface area (Å²) in [4.78, 5) is 33.8. The van der Waals surface area contributed by atoms with Gasteiger partial charge in [0, 0.05) is 17.8 Å². The Hall–Kier alpha value is -2.72. The molecule has 1 aliphatic carbocycles. The van der Waals surface area contributed by atoms with Gasteiger partial charge in [0.1, 0.15) is 18.1 Å². The molecular weight excluding hydrogens is 392 g/mol. The predicted octanol–water partition coefficient (Wildman–Crippen LogP) is 5.27. The minimum Gasteiger partial charge on any atom is -0.492 e. The van der Waals surface area contributed by atoms with Gasteiger partial charge in [0.05, 0.1) is 16.3 Å². The van der Waals surface area contributed by atoms with Crippen molar-refractivity contribution in [1.29, 1.82) is 0 Å². The van der Waals surface area contributed by atoms with E-state index in [1.807, 2.05) is 45.0 Å². The van der Waals surface area contributed by atoms with Crippen LogP contribution in [0.4, 0.5) is 5.69 Å². The fourth-order valence-electron chi connectivity index (χ4n) is 4.16. The van der Waals surface area contributed by atoms with Crippen LogP contribution in [-0.4, -0.2) is 23.5 Å². The molecule has 1 fully saturated rings. The maximum absolute atomic E-state index is 13.0. The van der Waals surface area contributed by atoms with Crippen LogP contribution in [0.1, 0.15) is 70.9 Å². The van der Waals surface area contributed by atoms with Gasteiger partial charge in [-0.3, -0.25) is 9.78 Å². The molecule has 6 nitrogen and oxygen atoms in total. The van der Waals surface area contributed by atoms with Crippen LogP contribution in [0, 0.1) is 18.3 Å². The van der Waals surface area contributed by atoms with Crippen LogP contribution in [-0.2, 0) is 14.4 Å². The summed E-state index contributed by atoms with van der Waals surface area (Å²) in [5, 5.41) is 0.830. The third-order valence-electron chi connectivity index (χ3n) is 6.00. The molecule has 0 aliphatic heterocycles. The number of ketones is 1.